The normalized spacial score (nSPS) is 23.7. The molecule has 1 fully saturated rings. The molecule has 0 radical (unpaired) electrons. The largest absolute Gasteiger partial charge is 0.395 e. The molecule has 3 atom stereocenters. The summed E-state index contributed by atoms with van der Waals surface area (Å²) in [5, 5.41) is 19.2. The van der Waals surface area contributed by atoms with Crippen LogP contribution in [-0.2, 0) is 10.0 Å². The van der Waals surface area contributed by atoms with E-state index in [0.29, 0.717) is 16.7 Å². The van der Waals surface area contributed by atoms with Crippen LogP contribution in [0.5, 0.6) is 0 Å². The molecule has 5 nitrogen and oxygen atoms in total. The molecule has 0 spiro atoms. The van der Waals surface area contributed by atoms with Crippen molar-refractivity contribution in [1.29, 1.82) is 5.26 Å². The Balaban J connectivity index is 2.12. The lowest BCUT2D eigenvalue weighted by molar-refractivity contribution is 0.0566. The summed E-state index contributed by atoms with van der Waals surface area (Å²) in [6, 6.07) is 13.6. The Morgan fingerprint density at radius 2 is 1.76 bits per heavy atom. The summed E-state index contributed by atoms with van der Waals surface area (Å²) in [6.07, 6.45) is 1.01. The highest BCUT2D eigenvalue weighted by atomic mass is 32.2. The van der Waals surface area contributed by atoms with Crippen molar-refractivity contribution >= 4 is 10.0 Å². The van der Waals surface area contributed by atoms with E-state index >= 15 is 0 Å². The molecule has 1 aliphatic rings. The molecule has 25 heavy (non-hydrogen) atoms. The molecule has 1 N–H and O–H groups in total. The number of rotatable bonds is 4. The highest BCUT2D eigenvalue weighted by Crippen LogP contribution is 2.45. The van der Waals surface area contributed by atoms with Gasteiger partial charge in [0.05, 0.1) is 25.0 Å². The van der Waals surface area contributed by atoms with E-state index in [2.05, 4.69) is 0 Å². The first kappa shape index (κ1) is 17.5. The predicted octanol–water partition coefficient (Wildman–Crippen LogP) is 2.10. The van der Waals surface area contributed by atoms with Gasteiger partial charge < -0.3 is 5.11 Å². The monoisotopic (exact) mass is 360 g/mol. The molecule has 0 aliphatic carbocycles. The summed E-state index contributed by atoms with van der Waals surface area (Å²) < 4.78 is 39.2. The van der Waals surface area contributed by atoms with Gasteiger partial charge in [0.15, 0.2) is 0 Å². The van der Waals surface area contributed by atoms with Crippen LogP contribution in [0.25, 0.3) is 11.1 Å². The van der Waals surface area contributed by atoms with E-state index in [4.69, 9.17) is 0 Å². The molecule has 0 saturated carbocycles. The fourth-order valence-corrected chi connectivity index (χ4v) is 4.79. The third kappa shape index (κ3) is 2.93. The molecule has 0 unspecified atom stereocenters. The molecule has 2 aromatic carbocycles. The third-order valence-electron chi connectivity index (χ3n) is 4.54. The number of halogens is 1. The van der Waals surface area contributed by atoms with Crippen molar-refractivity contribution in [3.8, 4) is 17.2 Å². The number of nitrogens with zero attached hydrogens (tertiary/aromatic N) is 2. The maximum atomic E-state index is 14.2. The molecule has 0 amide bonds. The van der Waals surface area contributed by atoms with Crippen LogP contribution in [-0.4, -0.2) is 42.8 Å². The second-order valence-corrected chi connectivity index (χ2v) is 7.90. The summed E-state index contributed by atoms with van der Waals surface area (Å²) >= 11 is 0. The topological polar surface area (TPSA) is 81.4 Å². The van der Waals surface area contributed by atoms with Crippen molar-refractivity contribution in [1.82, 2.24) is 4.31 Å². The number of hydrogen-bond donors (Lipinski definition) is 1. The van der Waals surface area contributed by atoms with Crippen molar-refractivity contribution < 1.29 is 17.9 Å². The van der Waals surface area contributed by atoms with Gasteiger partial charge in [-0.1, -0.05) is 42.5 Å². The van der Waals surface area contributed by atoms with E-state index in [-0.39, 0.29) is 0 Å². The zero-order valence-electron chi connectivity index (χ0n) is 13.5. The van der Waals surface area contributed by atoms with Crippen molar-refractivity contribution in [3.63, 3.8) is 0 Å². The SMILES string of the molecule is CS(=O)(=O)N1[C@H](C#N)[C@H](c2ccccc2-c2ccccc2F)[C@@H]1CO. The maximum absolute atomic E-state index is 14.2. The van der Waals surface area contributed by atoms with Gasteiger partial charge in [-0.15, -0.1) is 0 Å². The number of aliphatic hydroxyl groups is 1. The van der Waals surface area contributed by atoms with Crippen LogP contribution in [0, 0.1) is 17.1 Å². The fourth-order valence-electron chi connectivity index (χ4n) is 3.51. The van der Waals surface area contributed by atoms with Gasteiger partial charge in [-0.25, -0.2) is 12.8 Å². The number of hydrogen-bond acceptors (Lipinski definition) is 4. The summed E-state index contributed by atoms with van der Waals surface area (Å²) in [6.45, 7) is -0.415. The first-order valence-electron chi connectivity index (χ1n) is 7.73. The second-order valence-electron chi connectivity index (χ2n) is 6.01. The highest BCUT2D eigenvalue weighted by molar-refractivity contribution is 7.88. The van der Waals surface area contributed by atoms with Crippen LogP contribution in [0.2, 0.25) is 0 Å². The van der Waals surface area contributed by atoms with Crippen molar-refractivity contribution in [3.05, 3.63) is 59.9 Å². The van der Waals surface area contributed by atoms with Crippen molar-refractivity contribution in [2.45, 2.75) is 18.0 Å². The standard InChI is InChI=1S/C18H17FN2O3S/c1-25(23,24)21-16(10-20)18(17(21)11-22)14-8-3-2-6-12(14)13-7-4-5-9-15(13)19/h2-9,16-18,22H,11H2,1H3/t16-,17+,18+/m1/s1. The second kappa shape index (κ2) is 6.56. The van der Waals surface area contributed by atoms with Gasteiger partial charge in [-0.05, 0) is 17.2 Å². The van der Waals surface area contributed by atoms with Crippen LogP contribution >= 0.6 is 0 Å². The van der Waals surface area contributed by atoms with Gasteiger partial charge in [0.25, 0.3) is 0 Å². The number of sulfonamides is 1. The zero-order chi connectivity index (χ0) is 18.2. The third-order valence-corrected chi connectivity index (χ3v) is 5.81. The highest BCUT2D eigenvalue weighted by Gasteiger charge is 2.54. The quantitative estimate of drug-likeness (QED) is 0.905. The molecule has 2 aromatic rings. The lowest BCUT2D eigenvalue weighted by Crippen LogP contribution is -2.64. The zero-order valence-corrected chi connectivity index (χ0v) is 14.3. The van der Waals surface area contributed by atoms with Crippen LogP contribution in [0.3, 0.4) is 0 Å². The minimum Gasteiger partial charge on any atom is -0.395 e. The molecular formula is C18H17FN2O3S. The van der Waals surface area contributed by atoms with Gasteiger partial charge in [0.1, 0.15) is 11.9 Å². The van der Waals surface area contributed by atoms with E-state index in [1.54, 1.807) is 42.5 Å². The Morgan fingerprint density at radius 3 is 2.32 bits per heavy atom. The Labute approximate surface area is 146 Å². The van der Waals surface area contributed by atoms with Crippen molar-refractivity contribution in [2.24, 2.45) is 0 Å². The molecule has 3 rings (SSSR count). The minimum atomic E-state index is -3.64. The molecule has 1 aliphatic heterocycles. The van der Waals surface area contributed by atoms with E-state index in [1.165, 1.54) is 6.07 Å². The maximum Gasteiger partial charge on any atom is 0.212 e. The van der Waals surface area contributed by atoms with Crippen LogP contribution in [0.15, 0.2) is 48.5 Å². The lowest BCUT2D eigenvalue weighted by Gasteiger charge is -2.50. The van der Waals surface area contributed by atoms with E-state index in [0.717, 1.165) is 10.6 Å². The first-order chi connectivity index (χ1) is 11.9. The van der Waals surface area contributed by atoms with Gasteiger partial charge in [0, 0.05) is 11.5 Å². The van der Waals surface area contributed by atoms with Gasteiger partial charge in [0.2, 0.25) is 10.0 Å². The van der Waals surface area contributed by atoms with Gasteiger partial charge >= 0.3 is 0 Å². The number of nitriles is 1. The Hall–Kier alpha value is -2.27. The van der Waals surface area contributed by atoms with E-state index in [9.17, 15) is 23.2 Å². The minimum absolute atomic E-state index is 0.379. The van der Waals surface area contributed by atoms with Crippen LogP contribution < -0.4 is 0 Å². The fraction of sp³-hybridized carbons (Fsp3) is 0.278. The number of aliphatic hydroxyl groups excluding tert-OH is 1. The molecule has 130 valence electrons. The molecule has 1 heterocycles. The van der Waals surface area contributed by atoms with E-state index < -0.39 is 40.4 Å². The average molecular weight is 360 g/mol. The summed E-state index contributed by atoms with van der Waals surface area (Å²) in [5.74, 6) is -0.927. The molecular weight excluding hydrogens is 343 g/mol. The van der Waals surface area contributed by atoms with E-state index in [1.807, 2.05) is 6.07 Å². The van der Waals surface area contributed by atoms with Crippen LogP contribution in [0.1, 0.15) is 11.5 Å². The van der Waals surface area contributed by atoms with Gasteiger partial charge in [-0.3, -0.25) is 0 Å². The predicted molar refractivity (Wildman–Crippen MR) is 91.5 cm³/mol. The molecule has 0 aromatic heterocycles. The average Bonchev–Trinajstić information content (AvgIpc) is 2.54. The Morgan fingerprint density at radius 1 is 1.16 bits per heavy atom. The molecule has 0 bridgehead atoms. The summed E-state index contributed by atoms with van der Waals surface area (Å²) in [4.78, 5) is 0. The summed E-state index contributed by atoms with van der Waals surface area (Å²) in [5.41, 5.74) is 1.62. The Bertz CT molecular complexity index is 939. The Kier molecular flexibility index (Phi) is 4.60. The number of benzene rings is 2. The smallest absolute Gasteiger partial charge is 0.212 e. The lowest BCUT2D eigenvalue weighted by atomic mass is 9.75. The molecule has 7 heteroatoms. The van der Waals surface area contributed by atoms with Crippen molar-refractivity contribution in [2.75, 3.05) is 12.9 Å². The molecule has 1 saturated heterocycles. The summed E-state index contributed by atoms with van der Waals surface area (Å²) in [7, 11) is -3.64. The van der Waals surface area contributed by atoms with Gasteiger partial charge in [-0.2, -0.15) is 9.57 Å². The first-order valence-corrected chi connectivity index (χ1v) is 9.57. The van der Waals surface area contributed by atoms with Crippen LogP contribution in [0.4, 0.5) is 4.39 Å².